The van der Waals surface area contributed by atoms with Crippen LogP contribution in [0.3, 0.4) is 0 Å². The highest BCUT2D eigenvalue weighted by Gasteiger charge is 2.26. The molecule has 1 unspecified atom stereocenters. The molecule has 0 bridgehead atoms. The van der Waals surface area contributed by atoms with Gasteiger partial charge in [-0.25, -0.2) is 9.18 Å². The Hall–Kier alpha value is -2.70. The van der Waals surface area contributed by atoms with Crippen LogP contribution in [-0.2, 0) is 17.6 Å². The molecule has 2 heterocycles. The highest BCUT2D eigenvalue weighted by molar-refractivity contribution is 5.78. The van der Waals surface area contributed by atoms with Gasteiger partial charge in [0.25, 0.3) is 5.56 Å². The molecule has 3 rings (SSSR count). The Morgan fingerprint density at radius 3 is 2.88 bits per heavy atom. The summed E-state index contributed by atoms with van der Waals surface area (Å²) in [5.74, 6) is -0.0734. The van der Waals surface area contributed by atoms with Crippen LogP contribution in [0.25, 0.3) is 0 Å². The van der Waals surface area contributed by atoms with Crippen molar-refractivity contribution in [2.45, 2.75) is 26.2 Å². The maximum atomic E-state index is 13.6. The lowest BCUT2D eigenvalue weighted by atomic mass is 9.98. The Labute approximate surface area is 143 Å². The molecule has 0 spiro atoms. The van der Waals surface area contributed by atoms with E-state index in [4.69, 9.17) is 0 Å². The average Bonchev–Trinajstić information content (AvgIpc) is 3.02. The van der Waals surface area contributed by atoms with Crippen molar-refractivity contribution in [2.24, 2.45) is 5.92 Å². The van der Waals surface area contributed by atoms with Gasteiger partial charge in [-0.1, -0.05) is 12.1 Å². The van der Waals surface area contributed by atoms with Gasteiger partial charge in [0, 0.05) is 24.8 Å². The molecule has 2 N–H and O–H groups in total. The molecule has 0 radical (unpaired) electrons. The zero-order valence-corrected chi connectivity index (χ0v) is 14.0. The summed E-state index contributed by atoms with van der Waals surface area (Å²) in [6, 6.07) is 5.24. The number of rotatable bonds is 4. The smallest absolute Gasteiger partial charge is 0.325 e. The highest BCUT2D eigenvalue weighted by Crippen LogP contribution is 2.22. The lowest BCUT2D eigenvalue weighted by Gasteiger charge is -2.16. The topological polar surface area (TPSA) is 86.0 Å². The number of aromatic amines is 2. The van der Waals surface area contributed by atoms with Crippen LogP contribution in [0.4, 0.5) is 4.39 Å². The molecule has 7 heteroatoms. The molecular weight excluding hydrogens is 325 g/mol. The van der Waals surface area contributed by atoms with Crippen molar-refractivity contribution in [1.82, 2.24) is 14.9 Å². The van der Waals surface area contributed by atoms with E-state index < -0.39 is 11.2 Å². The van der Waals surface area contributed by atoms with Crippen LogP contribution >= 0.6 is 0 Å². The fourth-order valence-corrected chi connectivity index (χ4v) is 3.17. The lowest BCUT2D eigenvalue weighted by Crippen LogP contribution is -2.33. The average molecular weight is 345 g/mol. The number of H-pyrrole nitrogens is 2. The van der Waals surface area contributed by atoms with Crippen molar-refractivity contribution in [2.75, 3.05) is 13.1 Å². The quantitative estimate of drug-likeness (QED) is 0.871. The number of carbonyl (C=O) groups excluding carboxylic acids is 1. The maximum Gasteiger partial charge on any atom is 0.325 e. The van der Waals surface area contributed by atoms with Crippen LogP contribution in [0.15, 0.2) is 34.0 Å². The van der Waals surface area contributed by atoms with Crippen LogP contribution < -0.4 is 11.2 Å². The van der Waals surface area contributed by atoms with Crippen LogP contribution in [0.2, 0.25) is 0 Å². The summed E-state index contributed by atoms with van der Waals surface area (Å²) in [6.45, 7) is 2.95. The van der Waals surface area contributed by atoms with Crippen LogP contribution in [-0.4, -0.2) is 33.9 Å². The molecule has 1 aromatic heterocycles. The SMILES string of the molecule is Cc1ccc(CC2CCN(C(=O)Cc3c[nH]c(=O)[nH]c3=O)C2)cc1F. The van der Waals surface area contributed by atoms with Crippen molar-refractivity contribution >= 4 is 5.91 Å². The van der Waals surface area contributed by atoms with Crippen molar-refractivity contribution in [3.05, 3.63) is 67.7 Å². The number of hydrogen-bond acceptors (Lipinski definition) is 3. The van der Waals surface area contributed by atoms with E-state index in [1.807, 2.05) is 6.07 Å². The first-order valence-electron chi connectivity index (χ1n) is 8.26. The van der Waals surface area contributed by atoms with Crippen LogP contribution in [0, 0.1) is 18.7 Å². The second-order valence-corrected chi connectivity index (χ2v) is 6.56. The van der Waals surface area contributed by atoms with E-state index in [9.17, 15) is 18.8 Å². The number of carbonyl (C=O) groups is 1. The predicted octanol–water partition coefficient (Wildman–Crippen LogP) is 1.14. The van der Waals surface area contributed by atoms with Crippen molar-refractivity contribution in [3.63, 3.8) is 0 Å². The Balaban J connectivity index is 1.60. The molecule has 25 heavy (non-hydrogen) atoms. The fraction of sp³-hybridized carbons (Fsp3) is 0.389. The largest absolute Gasteiger partial charge is 0.342 e. The zero-order chi connectivity index (χ0) is 18.0. The van der Waals surface area contributed by atoms with Crippen molar-refractivity contribution in [3.8, 4) is 0 Å². The van der Waals surface area contributed by atoms with Gasteiger partial charge in [-0.15, -0.1) is 0 Å². The standard InChI is InChI=1S/C18H20FN3O3/c1-11-2-3-12(7-15(11)19)6-13-4-5-22(10-13)16(23)8-14-9-20-18(25)21-17(14)24/h2-3,7,9,13H,4-6,8,10H2,1H3,(H2,20,21,24,25). The predicted molar refractivity (Wildman–Crippen MR) is 90.9 cm³/mol. The number of nitrogens with zero attached hydrogens (tertiary/aromatic N) is 1. The first-order chi connectivity index (χ1) is 11.9. The van der Waals surface area contributed by atoms with E-state index in [2.05, 4.69) is 9.97 Å². The van der Waals surface area contributed by atoms with Gasteiger partial charge in [0.2, 0.25) is 5.91 Å². The second-order valence-electron chi connectivity index (χ2n) is 6.56. The number of aryl methyl sites for hydroxylation is 1. The van der Waals surface area contributed by atoms with Gasteiger partial charge < -0.3 is 9.88 Å². The molecule has 1 aliphatic rings. The monoisotopic (exact) mass is 345 g/mol. The molecule has 1 aromatic carbocycles. The van der Waals surface area contributed by atoms with Crippen LogP contribution in [0.1, 0.15) is 23.1 Å². The number of aromatic nitrogens is 2. The van der Waals surface area contributed by atoms with E-state index in [0.717, 1.165) is 18.4 Å². The summed E-state index contributed by atoms with van der Waals surface area (Å²) >= 11 is 0. The van der Waals surface area contributed by atoms with Gasteiger partial charge in [-0.2, -0.15) is 0 Å². The van der Waals surface area contributed by atoms with Gasteiger partial charge in [0.1, 0.15) is 5.82 Å². The lowest BCUT2D eigenvalue weighted by molar-refractivity contribution is -0.129. The number of halogens is 1. The summed E-state index contributed by atoms with van der Waals surface area (Å²) < 4.78 is 13.6. The Morgan fingerprint density at radius 2 is 2.16 bits per heavy atom. The summed E-state index contributed by atoms with van der Waals surface area (Å²) in [7, 11) is 0. The summed E-state index contributed by atoms with van der Waals surface area (Å²) in [5, 5.41) is 0. The fourth-order valence-electron chi connectivity index (χ4n) is 3.17. The summed E-state index contributed by atoms with van der Waals surface area (Å²) in [6.07, 6.45) is 2.81. The number of benzene rings is 1. The molecule has 0 aliphatic carbocycles. The van der Waals surface area contributed by atoms with Gasteiger partial charge in [-0.05, 0) is 42.9 Å². The van der Waals surface area contributed by atoms with Crippen molar-refractivity contribution < 1.29 is 9.18 Å². The van der Waals surface area contributed by atoms with Crippen molar-refractivity contribution in [1.29, 1.82) is 0 Å². The zero-order valence-electron chi connectivity index (χ0n) is 14.0. The van der Waals surface area contributed by atoms with Gasteiger partial charge in [-0.3, -0.25) is 14.6 Å². The molecule has 6 nitrogen and oxygen atoms in total. The minimum absolute atomic E-state index is 0.0437. The number of hydrogen-bond donors (Lipinski definition) is 2. The van der Waals surface area contributed by atoms with E-state index in [1.165, 1.54) is 6.20 Å². The Bertz CT molecular complexity index is 903. The minimum Gasteiger partial charge on any atom is -0.342 e. The normalized spacial score (nSPS) is 17.0. The number of nitrogens with one attached hydrogen (secondary N) is 2. The third kappa shape index (κ3) is 4.04. The highest BCUT2D eigenvalue weighted by atomic mass is 19.1. The Morgan fingerprint density at radius 1 is 1.36 bits per heavy atom. The number of likely N-dealkylation sites (tertiary alicyclic amines) is 1. The maximum absolute atomic E-state index is 13.6. The van der Waals surface area contributed by atoms with E-state index in [1.54, 1.807) is 24.0 Å². The van der Waals surface area contributed by atoms with Gasteiger partial charge in [0.15, 0.2) is 0 Å². The van der Waals surface area contributed by atoms with E-state index >= 15 is 0 Å². The third-order valence-electron chi connectivity index (χ3n) is 4.64. The minimum atomic E-state index is -0.590. The first kappa shape index (κ1) is 17.1. The first-order valence-corrected chi connectivity index (χ1v) is 8.26. The van der Waals surface area contributed by atoms with Crippen LogP contribution in [0.5, 0.6) is 0 Å². The molecule has 1 fully saturated rings. The van der Waals surface area contributed by atoms with E-state index in [0.29, 0.717) is 18.7 Å². The molecule has 2 aromatic rings. The second kappa shape index (κ2) is 7.04. The summed E-state index contributed by atoms with van der Waals surface area (Å²) in [5.41, 5.74) is 0.668. The Kier molecular flexibility index (Phi) is 4.83. The molecule has 1 aliphatic heterocycles. The molecule has 0 saturated carbocycles. The molecular formula is C18H20FN3O3. The van der Waals surface area contributed by atoms with E-state index in [-0.39, 0.29) is 29.6 Å². The molecule has 1 saturated heterocycles. The van der Waals surface area contributed by atoms with Gasteiger partial charge in [0.05, 0.1) is 6.42 Å². The number of amides is 1. The third-order valence-corrected chi connectivity index (χ3v) is 4.64. The molecule has 1 amide bonds. The summed E-state index contributed by atoms with van der Waals surface area (Å²) in [4.78, 5) is 41.3. The molecule has 1 atom stereocenters. The van der Waals surface area contributed by atoms with Gasteiger partial charge >= 0.3 is 5.69 Å². The molecule has 132 valence electrons.